The molecule has 4 heterocycles. The number of allylic oxidation sites excluding steroid dienone is 2. The van der Waals surface area contributed by atoms with E-state index in [-0.39, 0.29) is 31.6 Å². The number of pyridine rings is 1. The Balaban J connectivity index is 0.000000399. The largest absolute Gasteiger partial charge is 0.512 e. The summed E-state index contributed by atoms with van der Waals surface area (Å²) in [6.07, 6.45) is 9.81. The number of fused-ring (bicyclic) bond motifs is 10. The minimum absolute atomic E-state index is 0. The van der Waals surface area contributed by atoms with E-state index in [9.17, 15) is 4.79 Å². The third kappa shape index (κ3) is 5.43. The van der Waals surface area contributed by atoms with E-state index in [1.54, 1.807) is 0 Å². The maximum Gasteiger partial charge on any atom is 0.155 e. The third-order valence-corrected chi connectivity index (χ3v) is 10.7. The van der Waals surface area contributed by atoms with Crippen molar-refractivity contribution in [3.63, 3.8) is 0 Å². The number of nitrogens with zero attached hydrogens (tertiary/aromatic N) is 2. The van der Waals surface area contributed by atoms with E-state index in [4.69, 9.17) is 10.1 Å². The molecule has 0 saturated heterocycles. The second-order valence-electron chi connectivity index (χ2n) is 12.9. The summed E-state index contributed by atoms with van der Waals surface area (Å²) in [5, 5.41) is 16.6. The van der Waals surface area contributed by atoms with Crippen molar-refractivity contribution in [3.05, 3.63) is 108 Å². The molecular formula is C41H35IrN2O2S-. The quantitative estimate of drug-likeness (QED) is 0.109. The van der Waals surface area contributed by atoms with E-state index >= 15 is 0 Å². The summed E-state index contributed by atoms with van der Waals surface area (Å²) in [6, 6.07) is 30.8. The molecule has 0 aliphatic heterocycles. The molecule has 1 fully saturated rings. The van der Waals surface area contributed by atoms with Crippen LogP contribution in [0, 0.1) is 18.9 Å². The van der Waals surface area contributed by atoms with Crippen LogP contribution >= 0.6 is 11.3 Å². The fourth-order valence-electron chi connectivity index (χ4n) is 7.61. The monoisotopic (exact) mass is 812 g/mol. The number of rotatable bonds is 4. The molecule has 237 valence electrons. The van der Waals surface area contributed by atoms with Crippen LogP contribution in [0.2, 0.25) is 0 Å². The van der Waals surface area contributed by atoms with Crippen LogP contribution < -0.4 is 0 Å². The van der Waals surface area contributed by atoms with Crippen LogP contribution in [0.1, 0.15) is 50.7 Å². The molecule has 1 saturated carbocycles. The van der Waals surface area contributed by atoms with Crippen molar-refractivity contribution >= 4 is 75.4 Å². The first-order chi connectivity index (χ1) is 22.4. The van der Waals surface area contributed by atoms with Crippen molar-refractivity contribution in [2.75, 3.05) is 0 Å². The van der Waals surface area contributed by atoms with Gasteiger partial charge in [-0.25, -0.2) is 0 Å². The minimum atomic E-state index is -0.125. The van der Waals surface area contributed by atoms with E-state index in [0.717, 1.165) is 17.2 Å². The predicted octanol–water partition coefficient (Wildman–Crippen LogP) is 11.1. The summed E-state index contributed by atoms with van der Waals surface area (Å²) in [5.74, 6) is 0.750. The molecule has 1 aliphatic rings. The molecule has 4 aromatic heterocycles. The molecule has 9 rings (SSSR count). The molecule has 4 nitrogen and oxygen atoms in total. The van der Waals surface area contributed by atoms with Crippen molar-refractivity contribution in [3.8, 4) is 11.3 Å². The first-order valence-electron chi connectivity index (χ1n) is 16.1. The Morgan fingerprint density at radius 3 is 2.49 bits per heavy atom. The van der Waals surface area contributed by atoms with Crippen LogP contribution in [0.3, 0.4) is 0 Å². The predicted molar refractivity (Wildman–Crippen MR) is 194 cm³/mol. The third-order valence-electron chi connectivity index (χ3n) is 9.53. The van der Waals surface area contributed by atoms with Crippen molar-refractivity contribution < 1.29 is 30.0 Å². The van der Waals surface area contributed by atoms with Gasteiger partial charge in [-0.3, -0.25) is 4.79 Å². The average molecular weight is 812 g/mol. The van der Waals surface area contributed by atoms with Gasteiger partial charge in [0.25, 0.3) is 0 Å². The van der Waals surface area contributed by atoms with Crippen molar-refractivity contribution in [2.45, 2.75) is 52.9 Å². The zero-order valence-corrected chi connectivity index (χ0v) is 29.9. The van der Waals surface area contributed by atoms with Gasteiger partial charge in [-0.2, -0.15) is 0 Å². The summed E-state index contributed by atoms with van der Waals surface area (Å²) in [7, 11) is 0. The SMILES string of the molecule is CC(=O)/C=C(/C)O.Cc1ccc(-c2[c-]cc3c(c2)c2c4sc5ccccc5c4cc4c5c(CC6CCCC6)cccc5n3c42)nc1.[Ir]. The Morgan fingerprint density at radius 1 is 0.957 bits per heavy atom. The first kappa shape index (κ1) is 31.5. The van der Waals surface area contributed by atoms with Gasteiger partial charge < -0.3 is 14.5 Å². The zero-order chi connectivity index (χ0) is 31.5. The molecule has 1 radical (unpaired) electrons. The van der Waals surface area contributed by atoms with Crippen LogP contribution in [0.25, 0.3) is 69.5 Å². The van der Waals surface area contributed by atoms with Crippen molar-refractivity contribution in [1.82, 2.24) is 9.38 Å². The summed E-state index contributed by atoms with van der Waals surface area (Å²) < 4.78 is 5.27. The van der Waals surface area contributed by atoms with Gasteiger partial charge in [0.1, 0.15) is 0 Å². The molecule has 8 aromatic rings. The maximum atomic E-state index is 10.0. The Morgan fingerprint density at radius 2 is 1.77 bits per heavy atom. The number of aromatic nitrogens is 2. The Bertz CT molecular complexity index is 2460. The smallest absolute Gasteiger partial charge is 0.155 e. The van der Waals surface area contributed by atoms with Crippen LogP contribution in [0.15, 0.2) is 90.8 Å². The normalized spacial score (nSPS) is 14.1. The van der Waals surface area contributed by atoms with E-state index in [1.165, 1.54) is 121 Å². The van der Waals surface area contributed by atoms with Gasteiger partial charge >= 0.3 is 0 Å². The Hall–Kier alpha value is -4.09. The van der Waals surface area contributed by atoms with Crippen LogP contribution in [-0.2, 0) is 31.3 Å². The summed E-state index contributed by atoms with van der Waals surface area (Å²) in [4.78, 5) is 14.7. The molecule has 6 heteroatoms. The number of hydrogen-bond donors (Lipinski definition) is 1. The molecule has 47 heavy (non-hydrogen) atoms. The molecule has 0 atom stereocenters. The zero-order valence-electron chi connectivity index (χ0n) is 26.7. The average Bonchev–Trinajstić information content (AvgIpc) is 3.82. The number of hydrogen-bond acceptors (Lipinski definition) is 4. The van der Waals surface area contributed by atoms with Gasteiger partial charge in [0.15, 0.2) is 5.78 Å². The van der Waals surface area contributed by atoms with Crippen LogP contribution in [0.5, 0.6) is 0 Å². The molecule has 0 amide bonds. The molecule has 4 aromatic carbocycles. The maximum absolute atomic E-state index is 10.0. The van der Waals surface area contributed by atoms with Gasteiger partial charge in [-0.05, 0) is 73.6 Å². The van der Waals surface area contributed by atoms with E-state index in [1.807, 2.05) is 17.5 Å². The Labute approximate surface area is 291 Å². The summed E-state index contributed by atoms with van der Waals surface area (Å²) in [5.41, 5.74) is 8.65. The van der Waals surface area contributed by atoms with Gasteiger partial charge in [-0.1, -0.05) is 73.5 Å². The van der Waals surface area contributed by atoms with Gasteiger partial charge in [0, 0.05) is 74.2 Å². The number of benzene rings is 4. The minimum Gasteiger partial charge on any atom is -0.512 e. The standard InChI is InChI=1S/C36H27N2S.C5H8O2.Ir/c1-21-13-15-29(37-20-21)23-14-16-30-27(18-23)34-35-28(19-26-25-10-4-5-12-32(25)39-36(26)34)33-24(17-22-7-2-3-8-22)9-6-11-31(33)38(30)35;1-4(6)3-5(2)7;/h4-6,9-13,15-16,18-20,22H,2-3,7-8,17H2,1H3;3,6H,1-2H3;/q-1;;/b;4-3-;. The van der Waals surface area contributed by atoms with Crippen molar-refractivity contribution in [2.24, 2.45) is 5.92 Å². The fraction of sp³-hybridized carbons (Fsp3) is 0.220. The van der Waals surface area contributed by atoms with E-state index in [0.29, 0.717) is 0 Å². The summed E-state index contributed by atoms with van der Waals surface area (Å²) >= 11 is 1.93. The van der Waals surface area contributed by atoms with Gasteiger partial charge in [0.2, 0.25) is 0 Å². The second kappa shape index (κ2) is 12.5. The Kier molecular flexibility index (Phi) is 8.38. The first-order valence-corrected chi connectivity index (χ1v) is 17.0. The molecule has 0 bridgehead atoms. The van der Waals surface area contributed by atoms with E-state index < -0.39 is 0 Å². The van der Waals surface area contributed by atoms with Gasteiger partial charge in [0.05, 0.1) is 11.3 Å². The molecule has 0 spiro atoms. The number of ketones is 1. The number of aliphatic hydroxyl groups is 1. The number of thiophene rings is 1. The topological polar surface area (TPSA) is 54.6 Å². The number of aliphatic hydroxyl groups excluding tert-OH is 1. The molecule has 1 N–H and O–H groups in total. The number of carbonyl (C=O) groups is 1. The van der Waals surface area contributed by atoms with E-state index in [2.05, 4.69) is 90.2 Å². The number of aryl methyl sites for hydroxylation is 1. The van der Waals surface area contributed by atoms with Gasteiger partial charge in [-0.15, -0.1) is 35.1 Å². The fourth-order valence-corrected chi connectivity index (χ4v) is 8.85. The second-order valence-corrected chi connectivity index (χ2v) is 13.9. The molecule has 0 unspecified atom stereocenters. The molecule has 1 aliphatic carbocycles. The number of carbonyl (C=O) groups excluding carboxylic acids is 1. The van der Waals surface area contributed by atoms with Crippen LogP contribution in [-0.4, -0.2) is 20.3 Å². The van der Waals surface area contributed by atoms with Crippen LogP contribution in [0.4, 0.5) is 0 Å². The molecular weight excluding hydrogens is 777 g/mol. The summed E-state index contributed by atoms with van der Waals surface area (Å²) in [6.45, 7) is 4.93. The van der Waals surface area contributed by atoms with Crippen molar-refractivity contribution in [1.29, 1.82) is 0 Å².